The summed E-state index contributed by atoms with van der Waals surface area (Å²) in [5.74, 6) is 0. The molecule has 4 heterocycles. The Kier molecular flexibility index (Phi) is 7.94. The maximum Gasteiger partial charge on any atom is 0.104 e. The molecule has 2 atom stereocenters. The van der Waals surface area contributed by atoms with Crippen molar-refractivity contribution < 1.29 is 0 Å². The highest BCUT2D eigenvalue weighted by Crippen LogP contribution is 2.42. The van der Waals surface area contributed by atoms with Crippen molar-refractivity contribution in [3.05, 3.63) is 210 Å². The molecule has 0 saturated carbocycles. The Hall–Kier alpha value is -6.66. The quantitative estimate of drug-likeness (QED) is 0.159. The van der Waals surface area contributed by atoms with E-state index in [-0.39, 0.29) is 12.2 Å². The molecule has 0 spiro atoms. The van der Waals surface area contributed by atoms with E-state index >= 15 is 0 Å². The second-order valence-electron chi connectivity index (χ2n) is 14.7. The van der Waals surface area contributed by atoms with E-state index in [1.807, 2.05) is 11.3 Å². The van der Waals surface area contributed by atoms with E-state index in [9.17, 15) is 0 Å². The summed E-state index contributed by atoms with van der Waals surface area (Å²) in [6.07, 6.45) is 8.71. The van der Waals surface area contributed by atoms with Crippen molar-refractivity contribution in [2.75, 3.05) is 6.54 Å². The summed E-state index contributed by atoms with van der Waals surface area (Å²) in [7, 11) is 0. The number of nitrogens with one attached hydrogen (secondary N) is 3. The van der Waals surface area contributed by atoms with Gasteiger partial charge in [0, 0.05) is 55.1 Å². The molecule has 5 heteroatoms. The predicted octanol–water partition coefficient (Wildman–Crippen LogP) is 12.3. The van der Waals surface area contributed by atoms with Crippen LogP contribution in [0.3, 0.4) is 0 Å². The summed E-state index contributed by atoms with van der Waals surface area (Å²) in [5.41, 5.74) is 13.2. The molecule has 0 saturated heterocycles. The highest BCUT2D eigenvalue weighted by molar-refractivity contribution is 7.26. The first-order chi connectivity index (χ1) is 27.7. The molecule has 7 aromatic carbocycles. The van der Waals surface area contributed by atoms with Crippen molar-refractivity contribution in [2.45, 2.75) is 12.2 Å². The minimum absolute atomic E-state index is 0.00456. The molecule has 0 aliphatic carbocycles. The van der Waals surface area contributed by atoms with Crippen molar-refractivity contribution in [1.29, 1.82) is 0 Å². The van der Waals surface area contributed by atoms with E-state index in [1.54, 1.807) is 0 Å². The average Bonchev–Trinajstić information content (AvgIpc) is 3.83. The number of fused-ring (bicyclic) bond motifs is 6. The number of benzene rings is 7. The molecule has 11 rings (SSSR count). The van der Waals surface area contributed by atoms with E-state index in [0.29, 0.717) is 0 Å². The number of dihydropyridines is 1. The minimum atomic E-state index is -0.0464. The topological polar surface area (TPSA) is 41.0 Å². The highest BCUT2D eigenvalue weighted by atomic mass is 32.1. The van der Waals surface area contributed by atoms with Gasteiger partial charge in [-0.25, -0.2) is 0 Å². The van der Waals surface area contributed by atoms with E-state index < -0.39 is 0 Å². The van der Waals surface area contributed by atoms with Gasteiger partial charge in [-0.2, -0.15) is 0 Å². The van der Waals surface area contributed by atoms with Crippen molar-refractivity contribution >= 4 is 64.6 Å². The molecule has 2 aromatic heterocycles. The number of hydrogen-bond donors (Lipinski definition) is 3. The van der Waals surface area contributed by atoms with Gasteiger partial charge in [-0.15, -0.1) is 11.3 Å². The van der Waals surface area contributed by atoms with Crippen LogP contribution in [-0.4, -0.2) is 11.1 Å². The molecule has 56 heavy (non-hydrogen) atoms. The average molecular weight is 739 g/mol. The number of rotatable bonds is 6. The fourth-order valence-electron chi connectivity index (χ4n) is 8.55. The Labute approximate surface area is 329 Å². The SMILES string of the molecule is C1=CC(c2ccc(C3=CC(c4ccc(-n5c6ccccc6c6ccc(-c7cccc8c7sc7ccccc78)cc65)cc4)NC(c4ccccc4)N3)cc2)=CNC1. The van der Waals surface area contributed by atoms with Crippen LogP contribution in [0.2, 0.25) is 0 Å². The summed E-state index contributed by atoms with van der Waals surface area (Å²) in [4.78, 5) is 0. The van der Waals surface area contributed by atoms with E-state index in [2.05, 4.69) is 209 Å². The summed E-state index contributed by atoms with van der Waals surface area (Å²) >= 11 is 1.88. The van der Waals surface area contributed by atoms with Gasteiger partial charge in [0.25, 0.3) is 0 Å². The lowest BCUT2D eigenvalue weighted by atomic mass is 9.97. The first-order valence-corrected chi connectivity index (χ1v) is 20.1. The van der Waals surface area contributed by atoms with E-state index in [1.165, 1.54) is 80.9 Å². The number of thiophene rings is 1. The molecule has 2 aliphatic heterocycles. The van der Waals surface area contributed by atoms with Gasteiger partial charge in [-0.1, -0.05) is 146 Å². The van der Waals surface area contributed by atoms with Gasteiger partial charge in [0.1, 0.15) is 6.17 Å². The zero-order chi connectivity index (χ0) is 37.0. The molecule has 4 nitrogen and oxygen atoms in total. The fraction of sp³-hybridized carbons (Fsp3) is 0.0588. The van der Waals surface area contributed by atoms with Crippen LogP contribution in [0.5, 0.6) is 0 Å². The van der Waals surface area contributed by atoms with Crippen molar-refractivity contribution in [2.24, 2.45) is 0 Å². The summed E-state index contributed by atoms with van der Waals surface area (Å²) in [5, 5.41) is 16.2. The maximum absolute atomic E-state index is 3.89. The largest absolute Gasteiger partial charge is 0.387 e. The Morgan fingerprint density at radius 3 is 2.14 bits per heavy atom. The van der Waals surface area contributed by atoms with E-state index in [4.69, 9.17) is 0 Å². The lowest BCUT2D eigenvalue weighted by Crippen LogP contribution is -2.39. The molecule has 2 aliphatic rings. The molecule has 0 bridgehead atoms. The van der Waals surface area contributed by atoms with Crippen molar-refractivity contribution in [3.8, 4) is 16.8 Å². The normalized spacial score (nSPS) is 16.9. The first-order valence-electron chi connectivity index (χ1n) is 19.3. The molecular weight excluding hydrogens is 701 g/mol. The van der Waals surface area contributed by atoms with Crippen LogP contribution in [0.4, 0.5) is 0 Å². The molecule has 0 amide bonds. The molecule has 9 aromatic rings. The zero-order valence-corrected chi connectivity index (χ0v) is 31.4. The monoisotopic (exact) mass is 738 g/mol. The second-order valence-corrected chi connectivity index (χ2v) is 15.7. The van der Waals surface area contributed by atoms with Crippen LogP contribution in [0.15, 0.2) is 188 Å². The lowest BCUT2D eigenvalue weighted by molar-refractivity contribution is 0.442. The third-order valence-corrected chi connectivity index (χ3v) is 12.6. The summed E-state index contributed by atoms with van der Waals surface area (Å²) in [6.45, 7) is 0.874. The Morgan fingerprint density at radius 2 is 1.30 bits per heavy atom. The smallest absolute Gasteiger partial charge is 0.104 e. The Morgan fingerprint density at radius 1 is 0.571 bits per heavy atom. The van der Waals surface area contributed by atoms with Crippen molar-refractivity contribution in [1.82, 2.24) is 20.5 Å². The van der Waals surface area contributed by atoms with Crippen LogP contribution in [0, 0.1) is 0 Å². The van der Waals surface area contributed by atoms with Gasteiger partial charge in [0.15, 0.2) is 0 Å². The molecule has 3 N–H and O–H groups in total. The maximum atomic E-state index is 3.89. The second kappa shape index (κ2) is 13.6. The van der Waals surface area contributed by atoms with Gasteiger partial charge in [-0.05, 0) is 75.4 Å². The molecule has 268 valence electrons. The zero-order valence-electron chi connectivity index (χ0n) is 30.6. The fourth-order valence-corrected chi connectivity index (χ4v) is 9.79. The predicted molar refractivity (Wildman–Crippen MR) is 237 cm³/mol. The number of para-hydroxylation sites is 1. The van der Waals surface area contributed by atoms with Crippen LogP contribution in [0.1, 0.15) is 34.5 Å². The standard InChI is InChI=1S/C51H38N4S/c1-2-10-36(11-3-1)51-53-45(34-21-19-33(20-22-34)38-12-9-29-52-32-38)31-46(54-51)35-23-26-39(27-24-35)55-47-17-6-4-13-41(47)42-28-25-37(30-48(42)55)40-15-8-16-44-43-14-5-7-18-49(43)56-50(40)44/h1-28,30-32,46,51-54H,29H2. The molecule has 0 radical (unpaired) electrons. The van der Waals surface area contributed by atoms with Gasteiger partial charge in [0.2, 0.25) is 0 Å². The summed E-state index contributed by atoms with van der Waals surface area (Å²) in [6, 6.07) is 59.9. The molecular formula is C51H38N4S. The Bertz CT molecular complexity index is 3020. The van der Waals surface area contributed by atoms with Gasteiger partial charge in [-0.3, -0.25) is 5.32 Å². The first kappa shape index (κ1) is 32.7. The highest BCUT2D eigenvalue weighted by Gasteiger charge is 2.25. The summed E-state index contributed by atoms with van der Waals surface area (Å²) < 4.78 is 5.09. The Balaban J connectivity index is 0.983. The van der Waals surface area contributed by atoms with Crippen LogP contribution >= 0.6 is 11.3 Å². The van der Waals surface area contributed by atoms with Crippen LogP contribution < -0.4 is 16.0 Å². The van der Waals surface area contributed by atoms with Crippen molar-refractivity contribution in [3.63, 3.8) is 0 Å². The number of aromatic nitrogens is 1. The number of nitrogens with zero attached hydrogens (tertiary/aromatic N) is 1. The third-order valence-electron chi connectivity index (χ3n) is 11.3. The molecule has 2 unspecified atom stereocenters. The number of hydrogen-bond acceptors (Lipinski definition) is 4. The minimum Gasteiger partial charge on any atom is -0.387 e. The third kappa shape index (κ3) is 5.63. The van der Waals surface area contributed by atoms with E-state index in [0.717, 1.165) is 17.9 Å². The molecule has 0 fully saturated rings. The van der Waals surface area contributed by atoms with Crippen LogP contribution in [-0.2, 0) is 0 Å². The van der Waals surface area contributed by atoms with Crippen LogP contribution in [0.25, 0.3) is 70.1 Å². The van der Waals surface area contributed by atoms with Gasteiger partial charge >= 0.3 is 0 Å². The van der Waals surface area contributed by atoms with Gasteiger partial charge in [0.05, 0.1) is 17.1 Å². The number of allylic oxidation sites excluding steroid dienone is 2. The lowest BCUT2D eigenvalue weighted by Gasteiger charge is -2.33. The van der Waals surface area contributed by atoms with Gasteiger partial charge < -0.3 is 15.2 Å².